The molecule has 0 saturated heterocycles. The third-order valence-electron chi connectivity index (χ3n) is 5.99. The van der Waals surface area contributed by atoms with Gasteiger partial charge in [-0.15, -0.1) is 0 Å². The number of nitrogen functional groups attached to an aromatic ring is 1. The fourth-order valence-corrected chi connectivity index (χ4v) is 3.56. The largest absolute Gasteiger partial charge is 0.481 e. The first-order valence-corrected chi connectivity index (χ1v) is 13.9. The van der Waals surface area contributed by atoms with Crippen LogP contribution in [0.25, 0.3) is 0 Å². The van der Waals surface area contributed by atoms with E-state index in [-0.39, 0.29) is 31.7 Å². The molecule has 0 radical (unpaired) electrons. The number of hydrogen-bond donors (Lipinski definition) is 11. The van der Waals surface area contributed by atoms with Crippen molar-refractivity contribution in [3.05, 3.63) is 29.8 Å². The second-order valence-corrected chi connectivity index (χ2v) is 9.90. The number of carboxylic acid groups (broad SMARTS) is 5. The van der Waals surface area contributed by atoms with Gasteiger partial charge in [0.05, 0.1) is 0 Å². The average Bonchev–Trinajstić information content (AvgIpc) is 2.94. The van der Waals surface area contributed by atoms with Crippen molar-refractivity contribution >= 4 is 47.6 Å². The summed E-state index contributed by atoms with van der Waals surface area (Å²) in [6, 6.07) is 0.720. The van der Waals surface area contributed by atoms with Crippen LogP contribution in [0.5, 0.6) is 0 Å². The van der Waals surface area contributed by atoms with Crippen molar-refractivity contribution in [3.63, 3.8) is 0 Å². The molecule has 0 aliphatic carbocycles. The van der Waals surface area contributed by atoms with Gasteiger partial charge in [0, 0.05) is 31.0 Å². The Morgan fingerprint density at radius 2 is 1.09 bits per heavy atom. The van der Waals surface area contributed by atoms with E-state index in [1.807, 2.05) is 0 Å². The minimum absolute atomic E-state index is 0.0318. The van der Waals surface area contributed by atoms with Crippen LogP contribution < -0.4 is 32.7 Å². The lowest BCUT2D eigenvalue weighted by molar-refractivity contribution is -0.141. The van der Waals surface area contributed by atoms with Gasteiger partial charge < -0.3 is 58.3 Å². The fourth-order valence-electron chi connectivity index (χ4n) is 3.56. The molecule has 0 heterocycles. The van der Waals surface area contributed by atoms with Gasteiger partial charge in [0.2, 0.25) is 0 Å². The van der Waals surface area contributed by atoms with Crippen LogP contribution in [0.1, 0.15) is 57.4 Å². The zero-order valence-corrected chi connectivity index (χ0v) is 24.7. The number of nitrogens with one attached hydrogen (secondary N) is 4. The number of aliphatic carboxylic acids is 5. The molecule has 0 aliphatic heterocycles. The van der Waals surface area contributed by atoms with Gasteiger partial charge in [-0.2, -0.15) is 0 Å². The summed E-state index contributed by atoms with van der Waals surface area (Å²) >= 11 is 0. The smallest absolute Gasteiger partial charge is 0.326 e. The zero-order chi connectivity index (χ0) is 34.5. The second-order valence-electron chi connectivity index (χ2n) is 9.90. The molecule has 0 fully saturated rings. The Kier molecular flexibility index (Phi) is 19.1. The molecule has 18 heteroatoms. The van der Waals surface area contributed by atoms with E-state index in [4.69, 9.17) is 31.9 Å². The van der Waals surface area contributed by atoms with E-state index in [0.717, 1.165) is 0 Å². The van der Waals surface area contributed by atoms with Crippen molar-refractivity contribution in [3.8, 4) is 0 Å². The van der Waals surface area contributed by atoms with Crippen LogP contribution in [0.15, 0.2) is 24.3 Å². The van der Waals surface area contributed by atoms with Crippen LogP contribution in [0.2, 0.25) is 0 Å². The Labute approximate surface area is 258 Å². The first-order chi connectivity index (χ1) is 21.0. The molecule has 0 aromatic heterocycles. The molecule has 45 heavy (non-hydrogen) atoms. The van der Waals surface area contributed by atoms with Crippen molar-refractivity contribution in [1.82, 2.24) is 21.3 Å². The van der Waals surface area contributed by atoms with Gasteiger partial charge in [0.15, 0.2) is 0 Å². The number of carbonyl (C=O) groups is 7. The molecule has 252 valence electrons. The molecule has 0 spiro atoms. The summed E-state index contributed by atoms with van der Waals surface area (Å²) in [7, 11) is 0. The topological polar surface area (TPSA) is 321 Å². The number of amides is 4. The van der Waals surface area contributed by atoms with Crippen molar-refractivity contribution in [2.45, 2.75) is 82.5 Å². The van der Waals surface area contributed by atoms with E-state index in [2.05, 4.69) is 21.3 Å². The van der Waals surface area contributed by atoms with Crippen LogP contribution in [0.3, 0.4) is 0 Å². The highest BCUT2D eigenvalue weighted by Crippen LogP contribution is 2.08. The molecule has 0 aliphatic rings. The maximum Gasteiger partial charge on any atom is 0.326 e. The number of rotatable bonds is 19. The van der Waals surface area contributed by atoms with Gasteiger partial charge >= 0.3 is 41.9 Å². The molecule has 1 aromatic carbocycles. The first kappa shape index (κ1) is 39.9. The summed E-state index contributed by atoms with van der Waals surface area (Å²) in [5.74, 6) is -5.97. The third kappa shape index (κ3) is 19.6. The highest BCUT2D eigenvalue weighted by atomic mass is 16.4. The summed E-state index contributed by atoms with van der Waals surface area (Å²) in [5, 5.41) is 53.3. The van der Waals surface area contributed by atoms with Crippen molar-refractivity contribution in [2.75, 3.05) is 12.3 Å². The second kappa shape index (κ2) is 21.5. The van der Waals surface area contributed by atoms with Gasteiger partial charge in [-0.25, -0.2) is 24.0 Å². The molecular weight excluding hydrogens is 600 g/mol. The monoisotopic (exact) mass is 642 g/mol. The maximum atomic E-state index is 11.8. The van der Waals surface area contributed by atoms with Crippen LogP contribution in [-0.2, 0) is 30.4 Å². The van der Waals surface area contributed by atoms with E-state index < -0.39 is 66.5 Å². The van der Waals surface area contributed by atoms with Gasteiger partial charge in [0.25, 0.3) is 0 Å². The lowest BCUT2D eigenvalue weighted by Gasteiger charge is -2.18. The maximum absolute atomic E-state index is 11.8. The van der Waals surface area contributed by atoms with Crippen LogP contribution in [0, 0.1) is 0 Å². The fraction of sp³-hybridized carbons (Fsp3) is 0.519. The van der Waals surface area contributed by atoms with E-state index in [9.17, 15) is 38.7 Å². The Morgan fingerprint density at radius 1 is 0.644 bits per heavy atom. The quantitative estimate of drug-likeness (QED) is 0.0699. The molecule has 0 saturated carbocycles. The van der Waals surface area contributed by atoms with E-state index in [1.54, 1.807) is 31.2 Å². The number of benzene rings is 1. The Bertz CT molecular complexity index is 1150. The molecule has 13 N–H and O–H groups in total. The minimum Gasteiger partial charge on any atom is -0.481 e. The number of carbonyl (C=O) groups excluding carboxylic acids is 2. The summed E-state index contributed by atoms with van der Waals surface area (Å²) in [4.78, 5) is 77.6. The van der Waals surface area contributed by atoms with E-state index in [1.165, 1.54) is 0 Å². The third-order valence-corrected chi connectivity index (χ3v) is 5.99. The molecule has 1 rings (SSSR count). The van der Waals surface area contributed by atoms with Crippen molar-refractivity contribution in [1.29, 1.82) is 0 Å². The van der Waals surface area contributed by atoms with E-state index in [0.29, 0.717) is 37.1 Å². The summed E-state index contributed by atoms with van der Waals surface area (Å²) in [6.45, 7) is 2.14. The molecule has 18 nitrogen and oxygen atoms in total. The Morgan fingerprint density at radius 3 is 1.56 bits per heavy atom. The van der Waals surface area contributed by atoms with Crippen LogP contribution in [-0.4, -0.2) is 98.2 Å². The van der Waals surface area contributed by atoms with Crippen LogP contribution >= 0.6 is 0 Å². The number of hydrogen-bond acceptors (Lipinski definition) is 9. The van der Waals surface area contributed by atoms with Gasteiger partial charge in [-0.3, -0.25) is 9.59 Å². The van der Waals surface area contributed by atoms with Gasteiger partial charge in [-0.1, -0.05) is 12.1 Å². The SMILES string of the molecule is C[C@H](CCC(=O)O)NC(=O)N[C@@H](CCCCN)C(=O)O.Nc1ccc(C[C@H](NC(=O)N[C@@H](CCC(=O)O)C(=O)O)C(=O)O)cc1. The van der Waals surface area contributed by atoms with Gasteiger partial charge in [0.1, 0.15) is 18.1 Å². The zero-order valence-electron chi connectivity index (χ0n) is 24.7. The molecule has 1 aromatic rings. The Balaban J connectivity index is 0.000000884. The Hall–Kier alpha value is -5.13. The highest BCUT2D eigenvalue weighted by molar-refractivity contribution is 5.86. The molecule has 0 unspecified atom stereocenters. The summed E-state index contributed by atoms with van der Waals surface area (Å²) in [5.41, 5.74) is 12.0. The number of nitrogens with two attached hydrogens (primary N) is 2. The lowest BCUT2D eigenvalue weighted by atomic mass is 10.1. The van der Waals surface area contributed by atoms with Crippen molar-refractivity contribution < 1.29 is 59.1 Å². The number of carboxylic acids is 5. The summed E-state index contributed by atoms with van der Waals surface area (Å²) < 4.78 is 0. The van der Waals surface area contributed by atoms with Gasteiger partial charge in [-0.05, 0) is 63.3 Å². The number of urea groups is 2. The first-order valence-electron chi connectivity index (χ1n) is 13.9. The van der Waals surface area contributed by atoms with Crippen LogP contribution in [0.4, 0.5) is 15.3 Å². The lowest BCUT2D eigenvalue weighted by Crippen LogP contribution is -2.51. The predicted molar refractivity (Wildman–Crippen MR) is 158 cm³/mol. The van der Waals surface area contributed by atoms with Crippen molar-refractivity contribution in [2.24, 2.45) is 5.73 Å². The molecule has 4 amide bonds. The molecular formula is C27H42N6O12. The predicted octanol–water partition coefficient (Wildman–Crippen LogP) is 0.00280. The average molecular weight is 643 g/mol. The minimum atomic E-state index is -1.44. The highest BCUT2D eigenvalue weighted by Gasteiger charge is 2.25. The standard InChI is InChI=1S/C15H19N3O7.C12H23N3O5/c16-9-3-1-8(2-4-9)7-11(14(23)24)18-15(25)17-10(13(21)22)5-6-12(19)20;1-8(5-6-10(16)17)14-12(20)15-9(11(18)19)4-2-3-7-13/h1-4,10-11H,5-7,16H2,(H,19,20)(H,21,22)(H,23,24)(H2,17,18,25);8-9H,2-7,13H2,1H3,(H,16,17)(H,18,19)(H2,14,15,20)/t10-,11-;8-,9+/m01/s1. The number of anilines is 1. The molecule has 4 atom stereocenters. The normalized spacial score (nSPS) is 12.9. The number of unbranched alkanes of at least 4 members (excludes halogenated alkanes) is 1. The molecule has 0 bridgehead atoms. The summed E-state index contributed by atoms with van der Waals surface area (Å²) in [6.07, 6.45) is 1.04. The van der Waals surface area contributed by atoms with E-state index >= 15 is 0 Å².